The summed E-state index contributed by atoms with van der Waals surface area (Å²) >= 11 is 0. The van der Waals surface area contributed by atoms with Crippen LogP contribution in [0, 0.1) is 0 Å². The maximum Gasteiger partial charge on any atom is 0.268 e. The highest BCUT2D eigenvalue weighted by Gasteiger charge is 2.05. The lowest BCUT2D eigenvalue weighted by molar-refractivity contribution is -0.107. The van der Waals surface area contributed by atoms with E-state index in [9.17, 15) is 9.59 Å². The predicted molar refractivity (Wildman–Crippen MR) is 148 cm³/mol. The lowest BCUT2D eigenvalue weighted by atomic mass is 10.1. The summed E-state index contributed by atoms with van der Waals surface area (Å²) in [7, 11) is 1.50. The minimum Gasteiger partial charge on any atom is -0.364 e. The number of H-pyrrole nitrogens is 1. The molecule has 0 aliphatic heterocycles. The molecule has 2 aromatic carbocycles. The zero-order valence-corrected chi connectivity index (χ0v) is 21.1. The van der Waals surface area contributed by atoms with Crippen LogP contribution in [0.1, 0.15) is 48.4 Å². The van der Waals surface area contributed by atoms with E-state index in [1.807, 2.05) is 30.6 Å². The van der Waals surface area contributed by atoms with E-state index < -0.39 is 5.91 Å². The predicted octanol–water partition coefficient (Wildman–Crippen LogP) is 4.93. The van der Waals surface area contributed by atoms with Gasteiger partial charge in [-0.2, -0.15) is 0 Å². The van der Waals surface area contributed by atoms with Crippen LogP contribution in [0.4, 0.5) is 0 Å². The Bertz CT molecular complexity index is 1390. The molecule has 5 N–H and O–H groups in total. The molecule has 0 aliphatic rings. The van der Waals surface area contributed by atoms with Gasteiger partial charge in [-0.3, -0.25) is 4.79 Å². The van der Waals surface area contributed by atoms with E-state index in [1.54, 1.807) is 10.6 Å². The summed E-state index contributed by atoms with van der Waals surface area (Å²) in [6.45, 7) is 0. The Labute approximate surface area is 216 Å². The van der Waals surface area contributed by atoms with Gasteiger partial charge in [0.1, 0.15) is 23.5 Å². The molecule has 37 heavy (non-hydrogen) atoms. The number of nitrogens with two attached hydrogens (primary N) is 2. The van der Waals surface area contributed by atoms with E-state index in [0.717, 1.165) is 55.6 Å². The van der Waals surface area contributed by atoms with Gasteiger partial charge in [0.25, 0.3) is 5.91 Å². The SMILES string of the molecule is CN.NC(=O)c1cn2ccccc2n1.O=CCCCCCCc1ncc(-c2ccc3ccccc3c2)[nH]1. The van der Waals surface area contributed by atoms with Crippen molar-refractivity contribution < 1.29 is 9.59 Å². The van der Waals surface area contributed by atoms with Gasteiger partial charge >= 0.3 is 0 Å². The van der Waals surface area contributed by atoms with Gasteiger partial charge in [-0.25, -0.2) is 9.97 Å². The molecule has 3 heterocycles. The number of hydrogen-bond donors (Lipinski definition) is 3. The number of aldehydes is 1. The summed E-state index contributed by atoms with van der Waals surface area (Å²) in [5.41, 5.74) is 12.8. The second-order valence-corrected chi connectivity index (χ2v) is 8.38. The van der Waals surface area contributed by atoms with Crippen LogP contribution in [0.25, 0.3) is 27.7 Å². The van der Waals surface area contributed by atoms with E-state index in [-0.39, 0.29) is 0 Å². The average Bonchev–Trinajstić information content (AvgIpc) is 3.60. The minimum absolute atomic E-state index is 0.293. The maximum atomic E-state index is 10.7. The number of amides is 1. The topological polar surface area (TPSA) is 132 Å². The van der Waals surface area contributed by atoms with Crippen molar-refractivity contribution in [2.24, 2.45) is 11.5 Å². The molecule has 0 saturated carbocycles. The number of nitrogens with zero attached hydrogens (tertiary/aromatic N) is 3. The molecule has 0 radical (unpaired) electrons. The smallest absolute Gasteiger partial charge is 0.268 e. The van der Waals surface area contributed by atoms with Crippen LogP contribution in [-0.2, 0) is 11.2 Å². The molecule has 5 rings (SSSR count). The third-order valence-corrected chi connectivity index (χ3v) is 5.79. The van der Waals surface area contributed by atoms with Crippen LogP contribution in [0.2, 0.25) is 0 Å². The number of imidazole rings is 2. The van der Waals surface area contributed by atoms with Crippen molar-refractivity contribution in [3.8, 4) is 11.3 Å². The van der Waals surface area contributed by atoms with Crippen molar-refractivity contribution in [2.45, 2.75) is 38.5 Å². The molecule has 3 aromatic heterocycles. The molecule has 0 bridgehead atoms. The fourth-order valence-electron chi connectivity index (χ4n) is 3.92. The average molecular weight is 499 g/mol. The number of primary amides is 1. The Hall–Kier alpha value is -4.30. The number of rotatable bonds is 9. The summed E-state index contributed by atoms with van der Waals surface area (Å²) in [5, 5.41) is 2.50. The molecule has 5 aromatic rings. The highest BCUT2D eigenvalue weighted by atomic mass is 16.1. The van der Waals surface area contributed by atoms with Crippen molar-refractivity contribution in [3.63, 3.8) is 0 Å². The monoisotopic (exact) mass is 498 g/mol. The Morgan fingerprint density at radius 2 is 1.73 bits per heavy atom. The molecule has 8 nitrogen and oxygen atoms in total. The van der Waals surface area contributed by atoms with Crippen LogP contribution < -0.4 is 11.5 Å². The number of benzene rings is 2. The van der Waals surface area contributed by atoms with E-state index in [1.165, 1.54) is 23.4 Å². The first-order valence-electron chi connectivity index (χ1n) is 12.4. The van der Waals surface area contributed by atoms with Crippen LogP contribution in [0.3, 0.4) is 0 Å². The second-order valence-electron chi connectivity index (χ2n) is 8.38. The normalized spacial score (nSPS) is 10.3. The van der Waals surface area contributed by atoms with Gasteiger partial charge in [0, 0.05) is 30.8 Å². The fraction of sp³-hybridized carbons (Fsp3) is 0.241. The van der Waals surface area contributed by atoms with Gasteiger partial charge in [0.2, 0.25) is 0 Å². The van der Waals surface area contributed by atoms with Crippen molar-refractivity contribution in [1.82, 2.24) is 19.4 Å². The van der Waals surface area contributed by atoms with Crippen LogP contribution in [0.15, 0.2) is 79.3 Å². The quantitative estimate of drug-likeness (QED) is 0.196. The number of hydrogen-bond acceptors (Lipinski definition) is 5. The molecule has 8 heteroatoms. The molecule has 0 spiro atoms. The molecule has 0 atom stereocenters. The van der Waals surface area contributed by atoms with Crippen molar-refractivity contribution in [1.29, 1.82) is 0 Å². The van der Waals surface area contributed by atoms with Gasteiger partial charge in [-0.05, 0) is 48.9 Å². The molecule has 0 saturated heterocycles. The summed E-state index contributed by atoms with van der Waals surface area (Å²) in [6, 6.07) is 20.4. The number of nitrogens with one attached hydrogen (secondary N) is 1. The Kier molecular flexibility index (Phi) is 10.6. The van der Waals surface area contributed by atoms with Crippen LogP contribution >= 0.6 is 0 Å². The van der Waals surface area contributed by atoms with Gasteiger partial charge < -0.3 is 25.6 Å². The molecule has 192 valence electrons. The zero-order valence-electron chi connectivity index (χ0n) is 21.1. The number of carbonyl (C=O) groups excluding carboxylic acids is 2. The molecule has 1 amide bonds. The summed E-state index contributed by atoms with van der Waals surface area (Å²) < 4.78 is 1.75. The number of pyridine rings is 1. The lowest BCUT2D eigenvalue weighted by Gasteiger charge is -2.02. The van der Waals surface area contributed by atoms with Crippen LogP contribution in [0.5, 0.6) is 0 Å². The Morgan fingerprint density at radius 1 is 0.973 bits per heavy atom. The van der Waals surface area contributed by atoms with Gasteiger partial charge in [0.15, 0.2) is 0 Å². The Morgan fingerprint density at radius 3 is 2.49 bits per heavy atom. The van der Waals surface area contributed by atoms with Crippen molar-refractivity contribution in [3.05, 3.63) is 90.8 Å². The molecule has 0 aliphatic carbocycles. The third-order valence-electron chi connectivity index (χ3n) is 5.79. The number of carbonyl (C=O) groups is 2. The summed E-state index contributed by atoms with van der Waals surface area (Å²) in [5.74, 6) is 0.544. The molecule has 0 unspecified atom stereocenters. The number of aromatic nitrogens is 4. The summed E-state index contributed by atoms with van der Waals surface area (Å²) in [4.78, 5) is 32.9. The number of aryl methyl sites for hydroxylation is 1. The molecule has 0 fully saturated rings. The Balaban J connectivity index is 0.000000228. The summed E-state index contributed by atoms with van der Waals surface area (Å²) in [6.07, 6.45) is 12.4. The van der Waals surface area contributed by atoms with Gasteiger partial charge in [-0.15, -0.1) is 0 Å². The number of aromatic amines is 1. The molecular formula is C29H34N6O2. The highest BCUT2D eigenvalue weighted by Crippen LogP contribution is 2.23. The first-order chi connectivity index (χ1) is 18.1. The van der Waals surface area contributed by atoms with Gasteiger partial charge in [0.05, 0.1) is 11.9 Å². The first kappa shape index (κ1) is 27.3. The first-order valence-corrected chi connectivity index (χ1v) is 12.4. The maximum absolute atomic E-state index is 10.7. The number of fused-ring (bicyclic) bond motifs is 2. The second kappa shape index (κ2) is 14.3. The van der Waals surface area contributed by atoms with Gasteiger partial charge in [-0.1, -0.05) is 55.3 Å². The van der Waals surface area contributed by atoms with E-state index in [4.69, 9.17) is 5.73 Å². The van der Waals surface area contributed by atoms with Crippen LogP contribution in [-0.4, -0.2) is 38.6 Å². The van der Waals surface area contributed by atoms with E-state index in [0.29, 0.717) is 12.1 Å². The van der Waals surface area contributed by atoms with E-state index >= 15 is 0 Å². The molecular weight excluding hydrogens is 464 g/mol. The lowest BCUT2D eigenvalue weighted by Crippen LogP contribution is -2.10. The van der Waals surface area contributed by atoms with Crippen molar-refractivity contribution >= 4 is 28.6 Å². The fourth-order valence-corrected chi connectivity index (χ4v) is 3.92. The van der Waals surface area contributed by atoms with E-state index in [2.05, 4.69) is 63.2 Å². The zero-order chi connectivity index (χ0) is 26.5. The van der Waals surface area contributed by atoms with Crippen molar-refractivity contribution in [2.75, 3.05) is 7.05 Å². The largest absolute Gasteiger partial charge is 0.364 e. The number of unbranched alkanes of at least 4 members (excludes halogenated alkanes) is 4. The standard InChI is InChI=1S/C20H22N2O.C8H7N3O.CH5N/c23-13-7-3-1-2-4-10-20-21-15-19(22-20)18-12-11-16-8-5-6-9-17(16)14-18;9-8(12)6-5-11-4-2-1-3-7(11)10-6;1-2/h5-6,8-9,11-15H,1-4,7,10H2,(H,21,22);1-5H,(H2,9,12);2H2,1H3. The third kappa shape index (κ3) is 7.85. The minimum atomic E-state index is -0.501. The highest BCUT2D eigenvalue weighted by molar-refractivity contribution is 5.91.